The first-order chi connectivity index (χ1) is 12.6. The molecule has 1 aliphatic rings. The summed E-state index contributed by atoms with van der Waals surface area (Å²) in [6, 6.07) is 16.8. The van der Waals surface area contributed by atoms with Crippen LogP contribution in [-0.4, -0.2) is 30.1 Å². The van der Waals surface area contributed by atoms with E-state index in [1.165, 1.54) is 11.1 Å². The van der Waals surface area contributed by atoms with E-state index in [9.17, 15) is 4.79 Å². The number of rotatable bonds is 4. The number of para-hydroxylation sites is 1. The van der Waals surface area contributed by atoms with E-state index >= 15 is 0 Å². The number of thioether (sulfide) groups is 1. The van der Waals surface area contributed by atoms with Crippen molar-refractivity contribution >= 4 is 23.5 Å². The van der Waals surface area contributed by atoms with Crippen LogP contribution >= 0.6 is 11.8 Å². The van der Waals surface area contributed by atoms with Crippen molar-refractivity contribution in [3.63, 3.8) is 0 Å². The molecule has 0 spiro atoms. The summed E-state index contributed by atoms with van der Waals surface area (Å²) in [5.41, 5.74) is 9.44. The summed E-state index contributed by atoms with van der Waals surface area (Å²) >= 11 is 1.75. The molecule has 26 heavy (non-hydrogen) atoms. The van der Waals surface area contributed by atoms with E-state index in [2.05, 4.69) is 42.6 Å². The number of benzene rings is 2. The normalized spacial score (nSPS) is 17.6. The molecule has 1 fully saturated rings. The number of urea groups is 1. The molecular formula is C21H27N3OS. The van der Waals surface area contributed by atoms with Gasteiger partial charge in [-0.15, -0.1) is 11.8 Å². The predicted octanol–water partition coefficient (Wildman–Crippen LogP) is 4.63. The lowest BCUT2D eigenvalue weighted by Gasteiger charge is -2.22. The van der Waals surface area contributed by atoms with Gasteiger partial charge in [0.25, 0.3) is 0 Å². The Bertz CT molecular complexity index is 732. The highest BCUT2D eigenvalue weighted by molar-refractivity contribution is 7.98. The maximum absolute atomic E-state index is 12.7. The Hall–Kier alpha value is -1.98. The van der Waals surface area contributed by atoms with E-state index in [1.807, 2.05) is 23.1 Å². The molecule has 0 radical (unpaired) electrons. The van der Waals surface area contributed by atoms with Crippen LogP contribution in [0.1, 0.15) is 30.4 Å². The molecule has 0 bridgehead atoms. The number of anilines is 1. The summed E-state index contributed by atoms with van der Waals surface area (Å²) < 4.78 is 0. The fourth-order valence-corrected chi connectivity index (χ4v) is 4.02. The van der Waals surface area contributed by atoms with Gasteiger partial charge in [0, 0.05) is 29.8 Å². The number of nitrogens with one attached hydrogen (secondary N) is 1. The van der Waals surface area contributed by atoms with E-state index < -0.39 is 0 Å². The Kier molecular flexibility index (Phi) is 6.58. The molecule has 0 unspecified atom stereocenters. The van der Waals surface area contributed by atoms with Crippen LogP contribution in [0.4, 0.5) is 10.5 Å². The zero-order valence-electron chi connectivity index (χ0n) is 15.3. The Morgan fingerprint density at radius 2 is 1.92 bits per heavy atom. The molecule has 5 heteroatoms. The summed E-state index contributed by atoms with van der Waals surface area (Å²) in [6.45, 7) is 3.60. The van der Waals surface area contributed by atoms with Crippen molar-refractivity contribution in [1.29, 1.82) is 0 Å². The van der Waals surface area contributed by atoms with E-state index in [0.29, 0.717) is 0 Å². The number of amides is 2. The van der Waals surface area contributed by atoms with Crippen molar-refractivity contribution in [1.82, 2.24) is 4.90 Å². The lowest BCUT2D eigenvalue weighted by molar-refractivity contribution is 0.213. The highest BCUT2D eigenvalue weighted by Crippen LogP contribution is 2.30. The summed E-state index contributed by atoms with van der Waals surface area (Å²) in [6.07, 6.45) is 2.84. The average molecular weight is 370 g/mol. The molecule has 3 N–H and O–H groups in total. The third-order valence-corrected chi connectivity index (χ3v) is 5.85. The number of aryl methyl sites for hydroxylation is 1. The third kappa shape index (κ3) is 5.26. The summed E-state index contributed by atoms with van der Waals surface area (Å²) in [5.74, 6) is 0.881. The van der Waals surface area contributed by atoms with Gasteiger partial charge in [-0.3, -0.25) is 0 Å². The molecule has 4 nitrogen and oxygen atoms in total. The van der Waals surface area contributed by atoms with E-state index in [0.717, 1.165) is 48.7 Å². The van der Waals surface area contributed by atoms with Crippen LogP contribution < -0.4 is 11.1 Å². The minimum Gasteiger partial charge on any atom is -0.328 e. The highest BCUT2D eigenvalue weighted by atomic mass is 32.2. The molecule has 1 saturated heterocycles. The van der Waals surface area contributed by atoms with Gasteiger partial charge >= 0.3 is 6.03 Å². The van der Waals surface area contributed by atoms with Crippen LogP contribution in [0.2, 0.25) is 0 Å². The highest BCUT2D eigenvalue weighted by Gasteiger charge is 2.19. The zero-order valence-corrected chi connectivity index (χ0v) is 16.1. The Labute approximate surface area is 160 Å². The van der Waals surface area contributed by atoms with Gasteiger partial charge < -0.3 is 16.0 Å². The van der Waals surface area contributed by atoms with Crippen molar-refractivity contribution in [3.05, 3.63) is 59.7 Å². The van der Waals surface area contributed by atoms with Crippen LogP contribution in [-0.2, 0) is 5.75 Å². The molecule has 0 aromatic heterocycles. The quantitative estimate of drug-likeness (QED) is 0.772. The van der Waals surface area contributed by atoms with Gasteiger partial charge in [0.2, 0.25) is 0 Å². The molecule has 0 aliphatic carbocycles. The maximum atomic E-state index is 12.7. The summed E-state index contributed by atoms with van der Waals surface area (Å²) in [4.78, 5) is 15.6. The van der Waals surface area contributed by atoms with Gasteiger partial charge in [-0.05, 0) is 43.9 Å². The number of nitrogens with zero attached hydrogens (tertiary/aromatic N) is 1. The van der Waals surface area contributed by atoms with Crippen molar-refractivity contribution < 1.29 is 4.79 Å². The smallest absolute Gasteiger partial charge is 0.321 e. The number of hydrogen-bond acceptors (Lipinski definition) is 3. The Morgan fingerprint density at radius 3 is 2.73 bits per heavy atom. The summed E-state index contributed by atoms with van der Waals surface area (Å²) in [7, 11) is 0. The standard InChI is InChI=1S/C21H27N3OS/c1-16-8-10-17(11-9-16)15-26-20-7-3-2-6-19(20)23-21(25)24-13-4-5-18(22)12-14-24/h2-3,6-11,18H,4-5,12-15,22H2,1H3,(H,23,25)/t18-/m1/s1. The van der Waals surface area contributed by atoms with Gasteiger partial charge in [-0.25, -0.2) is 4.79 Å². The first-order valence-electron chi connectivity index (χ1n) is 9.21. The predicted molar refractivity (Wildman–Crippen MR) is 110 cm³/mol. The minimum atomic E-state index is -0.0255. The zero-order chi connectivity index (χ0) is 18.4. The Morgan fingerprint density at radius 1 is 1.15 bits per heavy atom. The van der Waals surface area contributed by atoms with Crippen LogP contribution in [0.5, 0.6) is 0 Å². The maximum Gasteiger partial charge on any atom is 0.321 e. The fraction of sp³-hybridized carbons (Fsp3) is 0.381. The van der Waals surface area contributed by atoms with Crippen molar-refractivity contribution in [3.8, 4) is 0 Å². The van der Waals surface area contributed by atoms with Gasteiger partial charge in [-0.1, -0.05) is 42.0 Å². The molecule has 1 aliphatic heterocycles. The van der Waals surface area contributed by atoms with E-state index in [1.54, 1.807) is 11.8 Å². The number of likely N-dealkylation sites (tertiary alicyclic amines) is 1. The van der Waals surface area contributed by atoms with Gasteiger partial charge in [0.1, 0.15) is 0 Å². The van der Waals surface area contributed by atoms with Crippen molar-refractivity contribution in [2.75, 3.05) is 18.4 Å². The van der Waals surface area contributed by atoms with Gasteiger partial charge in [0.05, 0.1) is 5.69 Å². The fourth-order valence-electron chi connectivity index (χ4n) is 3.06. The molecule has 0 saturated carbocycles. The largest absolute Gasteiger partial charge is 0.328 e. The monoisotopic (exact) mass is 369 g/mol. The SMILES string of the molecule is Cc1ccc(CSc2ccccc2NC(=O)N2CCC[C@@H](N)CC2)cc1. The second-order valence-electron chi connectivity index (χ2n) is 6.88. The van der Waals surface area contributed by atoms with E-state index in [4.69, 9.17) is 5.73 Å². The minimum absolute atomic E-state index is 0.0255. The van der Waals surface area contributed by atoms with Crippen LogP contribution in [0.15, 0.2) is 53.4 Å². The lowest BCUT2D eigenvalue weighted by atomic mass is 10.1. The first-order valence-corrected chi connectivity index (χ1v) is 10.2. The van der Waals surface area contributed by atoms with Crippen LogP contribution in [0.3, 0.4) is 0 Å². The second kappa shape index (κ2) is 9.10. The molecule has 1 heterocycles. The molecule has 138 valence electrons. The van der Waals surface area contributed by atoms with Gasteiger partial charge in [-0.2, -0.15) is 0 Å². The topological polar surface area (TPSA) is 58.4 Å². The van der Waals surface area contributed by atoms with Gasteiger partial charge in [0.15, 0.2) is 0 Å². The average Bonchev–Trinajstić information content (AvgIpc) is 2.87. The van der Waals surface area contributed by atoms with Crippen LogP contribution in [0.25, 0.3) is 0 Å². The molecule has 2 aromatic rings. The molecule has 2 amide bonds. The summed E-state index contributed by atoms with van der Waals surface area (Å²) in [5, 5.41) is 3.09. The number of nitrogens with two attached hydrogens (primary N) is 1. The molecular weight excluding hydrogens is 342 g/mol. The molecule has 2 aromatic carbocycles. The number of carbonyl (C=O) groups excluding carboxylic acids is 1. The Balaban J connectivity index is 1.62. The first kappa shape index (κ1) is 18.8. The lowest BCUT2D eigenvalue weighted by Crippen LogP contribution is -2.36. The second-order valence-corrected chi connectivity index (χ2v) is 7.90. The number of hydrogen-bond donors (Lipinski definition) is 2. The number of carbonyl (C=O) groups is 1. The molecule has 1 atom stereocenters. The van der Waals surface area contributed by atoms with E-state index in [-0.39, 0.29) is 12.1 Å². The van der Waals surface area contributed by atoms with Crippen LogP contribution in [0, 0.1) is 6.92 Å². The van der Waals surface area contributed by atoms with Crippen molar-refractivity contribution in [2.45, 2.75) is 42.9 Å². The molecule has 3 rings (SSSR count). The van der Waals surface area contributed by atoms with Crippen molar-refractivity contribution in [2.24, 2.45) is 5.73 Å². The third-order valence-electron chi connectivity index (χ3n) is 4.70.